The molecule has 0 radical (unpaired) electrons. The topological polar surface area (TPSA) is 47.9 Å². The summed E-state index contributed by atoms with van der Waals surface area (Å²) in [6, 6.07) is 15.8. The number of carbonyl (C=O) groups is 1. The molecule has 31 heavy (non-hydrogen) atoms. The zero-order chi connectivity index (χ0) is 21.5. The van der Waals surface area contributed by atoms with Crippen molar-refractivity contribution in [3.63, 3.8) is 0 Å². The van der Waals surface area contributed by atoms with Gasteiger partial charge in [0.25, 0.3) is 5.91 Å². The molecule has 7 heteroatoms. The Labute approximate surface area is 196 Å². The maximum Gasteiger partial charge on any atom is 0.282 e. The number of nitrogens with one attached hydrogen (secondary N) is 1. The summed E-state index contributed by atoms with van der Waals surface area (Å²) in [6.45, 7) is 3.96. The van der Waals surface area contributed by atoms with Crippen molar-refractivity contribution in [3.8, 4) is 0 Å². The molecule has 2 aromatic rings. The van der Waals surface area contributed by atoms with E-state index in [1.54, 1.807) is 0 Å². The SMILES string of the molecule is CC1C(C(=O)NN2CC3CCCC3C2)=NN(c2ccccc2Cl)C1c1ccc(Br)cc1. The minimum atomic E-state index is -0.107. The highest BCUT2D eigenvalue weighted by atomic mass is 79.9. The summed E-state index contributed by atoms with van der Waals surface area (Å²) >= 11 is 10.0. The molecule has 2 aliphatic heterocycles. The summed E-state index contributed by atoms with van der Waals surface area (Å²) in [4.78, 5) is 13.3. The summed E-state index contributed by atoms with van der Waals surface area (Å²) in [5, 5.41) is 9.43. The molecule has 2 fully saturated rings. The van der Waals surface area contributed by atoms with Crippen LogP contribution in [0.25, 0.3) is 0 Å². The van der Waals surface area contributed by atoms with Crippen LogP contribution in [0, 0.1) is 17.8 Å². The highest BCUT2D eigenvalue weighted by Crippen LogP contribution is 2.42. The number of anilines is 1. The molecule has 0 aromatic heterocycles. The maximum absolute atomic E-state index is 13.3. The van der Waals surface area contributed by atoms with Crippen LogP contribution in [0.2, 0.25) is 5.02 Å². The summed E-state index contributed by atoms with van der Waals surface area (Å²) in [5.74, 6) is 1.25. The molecular formula is C24H26BrClN4O. The number of hydrogen-bond donors (Lipinski definition) is 1. The van der Waals surface area contributed by atoms with E-state index in [1.807, 2.05) is 41.4 Å². The van der Waals surface area contributed by atoms with Crippen LogP contribution in [0.5, 0.6) is 0 Å². The summed E-state index contributed by atoms with van der Waals surface area (Å²) in [5.41, 5.74) is 5.59. The molecule has 2 heterocycles. The summed E-state index contributed by atoms with van der Waals surface area (Å²) in [7, 11) is 0. The molecule has 0 bridgehead atoms. The first-order chi connectivity index (χ1) is 15.0. The van der Waals surface area contributed by atoms with Crippen molar-refractivity contribution in [1.82, 2.24) is 10.4 Å². The fraction of sp³-hybridized carbons (Fsp3) is 0.417. The van der Waals surface area contributed by atoms with Gasteiger partial charge in [-0.1, -0.05) is 65.1 Å². The lowest BCUT2D eigenvalue weighted by Crippen LogP contribution is -2.45. The average molecular weight is 502 g/mol. The zero-order valence-corrected chi connectivity index (χ0v) is 19.8. The predicted octanol–water partition coefficient (Wildman–Crippen LogP) is 5.42. The van der Waals surface area contributed by atoms with Gasteiger partial charge < -0.3 is 0 Å². The second-order valence-electron chi connectivity index (χ2n) is 8.86. The normalized spacial score (nSPS) is 28.0. The monoisotopic (exact) mass is 500 g/mol. The molecular weight excluding hydrogens is 476 g/mol. The van der Waals surface area contributed by atoms with Crippen LogP contribution in [0.15, 0.2) is 58.1 Å². The molecule has 5 nitrogen and oxygen atoms in total. The molecule has 162 valence electrons. The number of hydrogen-bond acceptors (Lipinski definition) is 4. The van der Waals surface area contributed by atoms with Crippen LogP contribution >= 0.6 is 27.5 Å². The number of rotatable bonds is 4. The molecule has 3 aliphatic rings. The maximum atomic E-state index is 13.3. The lowest BCUT2D eigenvalue weighted by atomic mass is 9.91. The van der Waals surface area contributed by atoms with Gasteiger partial charge in [-0.05, 0) is 54.5 Å². The number of hydrazone groups is 1. The molecule has 5 rings (SSSR count). The first-order valence-corrected chi connectivity index (χ1v) is 12.1. The Morgan fingerprint density at radius 2 is 1.77 bits per heavy atom. The minimum Gasteiger partial charge on any atom is -0.284 e. The Bertz CT molecular complexity index is 999. The number of nitrogens with zero attached hydrogens (tertiary/aromatic N) is 3. The molecule has 1 amide bonds. The summed E-state index contributed by atoms with van der Waals surface area (Å²) in [6.07, 6.45) is 3.88. The number of fused-ring (bicyclic) bond motifs is 1. The average Bonchev–Trinajstić information content (AvgIpc) is 3.43. The second kappa shape index (κ2) is 8.57. The quantitative estimate of drug-likeness (QED) is 0.609. The molecule has 2 aromatic carbocycles. The lowest BCUT2D eigenvalue weighted by Gasteiger charge is -2.27. The van der Waals surface area contributed by atoms with Gasteiger partial charge in [-0.3, -0.25) is 15.2 Å². The van der Waals surface area contributed by atoms with E-state index in [9.17, 15) is 4.79 Å². The van der Waals surface area contributed by atoms with E-state index in [0.29, 0.717) is 10.7 Å². The Hall–Kier alpha value is -1.89. The van der Waals surface area contributed by atoms with E-state index in [0.717, 1.165) is 40.6 Å². The number of hydrazine groups is 1. The van der Waals surface area contributed by atoms with Crippen LogP contribution in [-0.4, -0.2) is 29.7 Å². The largest absolute Gasteiger partial charge is 0.284 e. The standard InChI is InChI=1S/C24H26BrClN4O/c1-15-22(24(31)28-29-13-17-5-4-6-18(17)14-29)27-30(21-8-3-2-7-20(21)26)23(15)16-9-11-19(25)12-10-16/h2-3,7-12,15,17-18,23H,4-6,13-14H2,1H3,(H,28,31). The van der Waals surface area contributed by atoms with Crippen molar-refractivity contribution in [1.29, 1.82) is 0 Å². The van der Waals surface area contributed by atoms with Crippen LogP contribution in [-0.2, 0) is 4.79 Å². The van der Waals surface area contributed by atoms with E-state index in [-0.39, 0.29) is 17.9 Å². The van der Waals surface area contributed by atoms with Gasteiger partial charge in [-0.2, -0.15) is 5.10 Å². The van der Waals surface area contributed by atoms with Gasteiger partial charge in [-0.25, -0.2) is 5.01 Å². The van der Waals surface area contributed by atoms with Gasteiger partial charge in [0, 0.05) is 23.5 Å². The van der Waals surface area contributed by atoms with Gasteiger partial charge in [0.1, 0.15) is 5.71 Å². The molecule has 1 aliphatic carbocycles. The number of halogens is 2. The van der Waals surface area contributed by atoms with E-state index in [2.05, 4.69) is 45.4 Å². The van der Waals surface area contributed by atoms with E-state index >= 15 is 0 Å². The zero-order valence-electron chi connectivity index (χ0n) is 17.5. The van der Waals surface area contributed by atoms with Gasteiger partial charge in [0.2, 0.25) is 0 Å². The van der Waals surface area contributed by atoms with Gasteiger partial charge in [0.15, 0.2) is 0 Å². The van der Waals surface area contributed by atoms with E-state index in [1.165, 1.54) is 19.3 Å². The molecule has 1 N–H and O–H groups in total. The Morgan fingerprint density at radius 3 is 2.45 bits per heavy atom. The number of benzene rings is 2. The van der Waals surface area contributed by atoms with Crippen LogP contribution < -0.4 is 10.4 Å². The Kier molecular flexibility index (Phi) is 5.80. The van der Waals surface area contributed by atoms with Crippen molar-refractivity contribution < 1.29 is 4.79 Å². The third-order valence-electron chi connectivity index (χ3n) is 6.91. The first kappa shape index (κ1) is 21.0. The van der Waals surface area contributed by atoms with Crippen molar-refractivity contribution in [3.05, 3.63) is 63.6 Å². The van der Waals surface area contributed by atoms with Gasteiger partial charge in [-0.15, -0.1) is 0 Å². The van der Waals surface area contributed by atoms with Crippen molar-refractivity contribution in [2.24, 2.45) is 22.9 Å². The van der Waals surface area contributed by atoms with E-state index < -0.39 is 0 Å². The van der Waals surface area contributed by atoms with Crippen LogP contribution in [0.4, 0.5) is 5.69 Å². The molecule has 4 unspecified atom stereocenters. The first-order valence-electron chi connectivity index (χ1n) is 10.9. The van der Waals surface area contributed by atoms with Crippen molar-refractivity contribution in [2.45, 2.75) is 32.2 Å². The summed E-state index contributed by atoms with van der Waals surface area (Å²) < 4.78 is 1.02. The Morgan fingerprint density at radius 1 is 1.10 bits per heavy atom. The molecule has 1 saturated carbocycles. The Balaban J connectivity index is 1.43. The number of carbonyl (C=O) groups excluding carboxylic acids is 1. The van der Waals surface area contributed by atoms with E-state index in [4.69, 9.17) is 16.7 Å². The second-order valence-corrected chi connectivity index (χ2v) is 10.2. The lowest BCUT2D eigenvalue weighted by molar-refractivity contribution is -0.119. The fourth-order valence-corrected chi connectivity index (χ4v) is 5.83. The molecule has 0 spiro atoms. The smallest absolute Gasteiger partial charge is 0.282 e. The minimum absolute atomic E-state index is 0.0837. The predicted molar refractivity (Wildman–Crippen MR) is 128 cm³/mol. The van der Waals surface area contributed by atoms with Crippen LogP contribution in [0.3, 0.4) is 0 Å². The van der Waals surface area contributed by atoms with Crippen LogP contribution in [0.1, 0.15) is 37.8 Å². The van der Waals surface area contributed by atoms with Gasteiger partial charge >= 0.3 is 0 Å². The molecule has 4 atom stereocenters. The fourth-order valence-electron chi connectivity index (χ4n) is 5.34. The number of amides is 1. The molecule has 1 saturated heterocycles. The highest BCUT2D eigenvalue weighted by molar-refractivity contribution is 9.10. The van der Waals surface area contributed by atoms with Crippen molar-refractivity contribution >= 4 is 44.8 Å². The highest BCUT2D eigenvalue weighted by Gasteiger charge is 2.42. The number of para-hydroxylation sites is 1. The van der Waals surface area contributed by atoms with Crippen molar-refractivity contribution in [2.75, 3.05) is 18.1 Å². The van der Waals surface area contributed by atoms with Gasteiger partial charge in [0.05, 0.1) is 16.8 Å². The third kappa shape index (κ3) is 4.01. The third-order valence-corrected chi connectivity index (χ3v) is 7.76.